The first-order valence-corrected chi connectivity index (χ1v) is 14.8. The Hall–Kier alpha value is -5.48. The van der Waals surface area contributed by atoms with Gasteiger partial charge in [0, 0.05) is 17.5 Å². The highest BCUT2D eigenvalue weighted by Gasteiger charge is 2.19. The molecule has 12 nitrogen and oxygen atoms in total. The van der Waals surface area contributed by atoms with Crippen molar-refractivity contribution in [2.45, 2.75) is 13.2 Å². The third kappa shape index (κ3) is 11.4. The van der Waals surface area contributed by atoms with Gasteiger partial charge in [0.2, 0.25) is 17.5 Å². The molecule has 0 N–H and O–H groups in total. The van der Waals surface area contributed by atoms with Crippen LogP contribution in [0.5, 0.6) is 23.3 Å². The van der Waals surface area contributed by atoms with Crippen molar-refractivity contribution in [1.29, 1.82) is 5.26 Å². The van der Waals surface area contributed by atoms with Crippen LogP contribution in [0.4, 0.5) is 11.4 Å². The number of benzene rings is 3. The lowest BCUT2D eigenvalue weighted by Crippen LogP contribution is -2.00. The maximum Gasteiger partial charge on any atom is 0.329 e. The molecule has 0 spiro atoms. The Balaban J connectivity index is 0.000000261. The lowest BCUT2D eigenvalue weighted by atomic mass is 10.2. The highest BCUT2D eigenvalue weighted by Crippen LogP contribution is 2.35. The summed E-state index contributed by atoms with van der Waals surface area (Å²) in [6.07, 6.45) is 3.62. The average molecular weight is 697 g/mol. The molecule has 0 atom stereocenters. The fourth-order valence-corrected chi connectivity index (χ4v) is 4.04. The molecule has 2 heterocycles. The largest absolute Gasteiger partial charge is 0.473 e. The number of ether oxygens (including phenoxy) is 3. The predicted octanol–water partition coefficient (Wildman–Crippen LogP) is 8.96. The van der Waals surface area contributed by atoms with Crippen LogP contribution in [-0.4, -0.2) is 26.2 Å². The molecule has 0 unspecified atom stereocenters. The zero-order valence-electron chi connectivity index (χ0n) is 24.5. The summed E-state index contributed by atoms with van der Waals surface area (Å²) in [6.45, 7) is 0.586. The molecule has 240 valence electrons. The van der Waals surface area contributed by atoms with Crippen LogP contribution >= 0.6 is 34.8 Å². The van der Waals surface area contributed by atoms with Gasteiger partial charge >= 0.3 is 11.4 Å². The molecular formula is C32H24Cl3N5O7. The third-order valence-corrected chi connectivity index (χ3v) is 6.23. The monoisotopic (exact) mass is 695 g/mol. The third-order valence-electron chi connectivity index (χ3n) is 5.71. The molecule has 0 aliphatic rings. The number of halogens is 3. The molecule has 0 saturated heterocycles. The van der Waals surface area contributed by atoms with Gasteiger partial charge in [0.1, 0.15) is 36.4 Å². The molecule has 15 heteroatoms. The molecule has 2 aromatic heterocycles. The molecule has 0 radical (unpaired) electrons. The standard InChI is InChI=1S/C19H12ClN3O4.C12H9ClN2O3.CH3Cl/c20-15-6-14(10-21)7-16(8-15)27-18-9-19(22-11-17(18)23(24)25)26-12-13-4-2-1-3-5-13;13-10-6-12(14-7-11(10)15(16)17)18-8-9-4-2-1-3-5-9;1-2/h1-9,11H,12H2;1-7H,8H2;1H3. The van der Waals surface area contributed by atoms with E-state index in [9.17, 15) is 20.2 Å². The fourth-order valence-electron chi connectivity index (χ4n) is 3.61. The molecule has 0 bridgehead atoms. The summed E-state index contributed by atoms with van der Waals surface area (Å²) in [5.74, 6) is 0.558. The van der Waals surface area contributed by atoms with E-state index >= 15 is 0 Å². The van der Waals surface area contributed by atoms with E-state index in [1.807, 2.05) is 66.7 Å². The Morgan fingerprint density at radius 3 is 1.74 bits per heavy atom. The predicted molar refractivity (Wildman–Crippen MR) is 176 cm³/mol. The molecule has 47 heavy (non-hydrogen) atoms. The Morgan fingerprint density at radius 2 is 1.26 bits per heavy atom. The van der Waals surface area contributed by atoms with Gasteiger partial charge in [-0.15, -0.1) is 11.6 Å². The first kappa shape index (κ1) is 36.0. The minimum Gasteiger partial charge on any atom is -0.473 e. The van der Waals surface area contributed by atoms with Crippen molar-refractivity contribution in [3.63, 3.8) is 0 Å². The Bertz CT molecular complexity index is 1840. The van der Waals surface area contributed by atoms with Crippen LogP contribution in [0.2, 0.25) is 10.0 Å². The maximum absolute atomic E-state index is 11.3. The van der Waals surface area contributed by atoms with Gasteiger partial charge in [-0.2, -0.15) is 5.26 Å². The topological polar surface area (TPSA) is 164 Å². The van der Waals surface area contributed by atoms with Crippen LogP contribution in [0.3, 0.4) is 0 Å². The zero-order valence-corrected chi connectivity index (χ0v) is 26.7. The average Bonchev–Trinajstić information content (AvgIpc) is 3.08. The van der Waals surface area contributed by atoms with Crippen molar-refractivity contribution in [3.05, 3.63) is 150 Å². The number of nitriles is 1. The molecule has 0 aliphatic carbocycles. The van der Waals surface area contributed by atoms with Gasteiger partial charge in [-0.05, 0) is 29.3 Å². The molecule has 3 aromatic carbocycles. The van der Waals surface area contributed by atoms with Crippen LogP contribution in [0.25, 0.3) is 0 Å². The van der Waals surface area contributed by atoms with Crippen molar-refractivity contribution in [2.75, 3.05) is 6.38 Å². The second-order valence-corrected chi connectivity index (χ2v) is 9.76. The first-order chi connectivity index (χ1) is 22.7. The van der Waals surface area contributed by atoms with Crippen molar-refractivity contribution >= 4 is 46.2 Å². The molecule has 5 aromatic rings. The summed E-state index contributed by atoms with van der Waals surface area (Å²) in [5.41, 5.74) is 1.61. The van der Waals surface area contributed by atoms with E-state index in [2.05, 4.69) is 21.6 Å². The number of hydrogen-bond donors (Lipinski definition) is 0. The molecular weight excluding hydrogens is 673 g/mol. The Kier molecular flexibility index (Phi) is 14.2. The number of alkyl halides is 1. The molecule has 0 amide bonds. The van der Waals surface area contributed by atoms with Crippen LogP contribution in [0, 0.1) is 31.6 Å². The Labute approximate surface area is 284 Å². The maximum atomic E-state index is 11.3. The number of aromatic nitrogens is 2. The Morgan fingerprint density at radius 1 is 0.745 bits per heavy atom. The number of nitrogens with zero attached hydrogens (tertiary/aromatic N) is 5. The molecule has 0 aliphatic heterocycles. The highest BCUT2D eigenvalue weighted by atomic mass is 35.5. The number of pyridine rings is 2. The summed E-state index contributed by atoms with van der Waals surface area (Å²) in [6, 6.07) is 27.9. The van der Waals surface area contributed by atoms with Gasteiger partial charge in [0.25, 0.3) is 0 Å². The summed E-state index contributed by atoms with van der Waals surface area (Å²) in [5, 5.41) is 31.1. The van der Waals surface area contributed by atoms with Crippen LogP contribution in [-0.2, 0) is 13.2 Å². The van der Waals surface area contributed by atoms with E-state index in [1.54, 1.807) is 0 Å². The van der Waals surface area contributed by atoms with E-state index < -0.39 is 9.85 Å². The van der Waals surface area contributed by atoms with Crippen LogP contribution in [0.1, 0.15) is 16.7 Å². The lowest BCUT2D eigenvalue weighted by molar-refractivity contribution is -0.386. The minimum absolute atomic E-state index is 0.0121. The van der Waals surface area contributed by atoms with E-state index in [0.29, 0.717) is 6.61 Å². The van der Waals surface area contributed by atoms with Gasteiger partial charge in [-0.25, -0.2) is 9.97 Å². The quantitative estimate of drug-likeness (QED) is 0.0782. The molecule has 5 rings (SSSR count). The van der Waals surface area contributed by atoms with E-state index in [0.717, 1.165) is 23.5 Å². The van der Waals surface area contributed by atoms with Gasteiger partial charge in [0.15, 0.2) is 0 Å². The first-order valence-electron chi connectivity index (χ1n) is 13.3. The highest BCUT2D eigenvalue weighted by molar-refractivity contribution is 6.32. The van der Waals surface area contributed by atoms with Gasteiger partial charge in [-0.3, -0.25) is 20.2 Å². The second-order valence-electron chi connectivity index (χ2n) is 8.92. The van der Waals surface area contributed by atoms with Gasteiger partial charge < -0.3 is 14.2 Å². The summed E-state index contributed by atoms with van der Waals surface area (Å²) in [4.78, 5) is 28.4. The van der Waals surface area contributed by atoms with Crippen molar-refractivity contribution in [2.24, 2.45) is 0 Å². The minimum atomic E-state index is -0.612. The smallest absolute Gasteiger partial charge is 0.329 e. The van der Waals surface area contributed by atoms with E-state index in [1.165, 1.54) is 36.7 Å². The second kappa shape index (κ2) is 18.5. The molecule has 0 saturated carbocycles. The summed E-state index contributed by atoms with van der Waals surface area (Å²) in [7, 11) is 0. The zero-order chi connectivity index (χ0) is 34.2. The van der Waals surface area contributed by atoms with Crippen molar-refractivity contribution < 1.29 is 24.1 Å². The van der Waals surface area contributed by atoms with E-state index in [4.69, 9.17) is 42.7 Å². The van der Waals surface area contributed by atoms with Crippen molar-refractivity contribution in [1.82, 2.24) is 9.97 Å². The number of nitro groups is 2. The SMILES string of the molecule is CCl.N#Cc1cc(Cl)cc(Oc2cc(OCc3ccccc3)ncc2[N+](=O)[O-])c1.O=[N+]([O-])c1cnc(OCc2ccccc2)cc1Cl. The lowest BCUT2D eigenvalue weighted by Gasteiger charge is -2.10. The fraction of sp³-hybridized carbons (Fsp3) is 0.0938. The normalized spacial score (nSPS) is 9.77. The van der Waals surface area contributed by atoms with Crippen LogP contribution < -0.4 is 14.2 Å². The summed E-state index contributed by atoms with van der Waals surface area (Å²) >= 11 is 16.3. The molecule has 0 fully saturated rings. The van der Waals surface area contributed by atoms with Gasteiger partial charge in [-0.1, -0.05) is 83.9 Å². The summed E-state index contributed by atoms with van der Waals surface area (Å²) < 4.78 is 16.6. The van der Waals surface area contributed by atoms with Crippen molar-refractivity contribution in [3.8, 4) is 29.3 Å². The van der Waals surface area contributed by atoms with Gasteiger partial charge in [0.05, 0.1) is 27.5 Å². The number of hydrogen-bond acceptors (Lipinski definition) is 10. The van der Waals surface area contributed by atoms with E-state index in [-0.39, 0.29) is 56.8 Å². The number of rotatable bonds is 10. The van der Waals surface area contributed by atoms with Crippen LogP contribution in [0.15, 0.2) is 103 Å².